The van der Waals surface area contributed by atoms with Gasteiger partial charge in [-0.15, -0.1) is 0 Å². The van der Waals surface area contributed by atoms with Gasteiger partial charge in [0.15, 0.2) is 0 Å². The summed E-state index contributed by atoms with van der Waals surface area (Å²) in [4.78, 5) is 36.4. The third-order valence-corrected chi connectivity index (χ3v) is 5.01. The van der Waals surface area contributed by atoms with E-state index in [0.717, 1.165) is 22.0 Å². The summed E-state index contributed by atoms with van der Waals surface area (Å²) >= 11 is 0. The van der Waals surface area contributed by atoms with Crippen LogP contribution in [-0.4, -0.2) is 15.1 Å². The zero-order valence-electron chi connectivity index (χ0n) is 16.2. The molecule has 2 aromatic carbocycles. The van der Waals surface area contributed by atoms with Crippen molar-refractivity contribution in [2.75, 3.05) is 0 Å². The molecule has 0 bridgehead atoms. The summed E-state index contributed by atoms with van der Waals surface area (Å²) in [5.74, 6) is -0.178. The van der Waals surface area contributed by atoms with Crippen molar-refractivity contribution in [1.82, 2.24) is 9.13 Å². The van der Waals surface area contributed by atoms with Crippen LogP contribution in [0.15, 0.2) is 62.5 Å². The minimum atomic E-state index is -0.474. The Labute approximate surface area is 165 Å². The summed E-state index contributed by atoms with van der Waals surface area (Å²) in [6.45, 7) is 2.17. The van der Waals surface area contributed by atoms with Gasteiger partial charge in [0.1, 0.15) is 11.3 Å². The summed E-state index contributed by atoms with van der Waals surface area (Å²) in [6, 6.07) is 13.9. The lowest BCUT2D eigenvalue weighted by Gasteiger charge is -2.07. The SMILES string of the molecule is CCc1cc(=O)oc2cc(OC(=O)CCn3c(=O)n(C)c4ccccc43)ccc12. The molecule has 2 aromatic heterocycles. The molecular formula is C22H20N2O5. The van der Waals surface area contributed by atoms with Gasteiger partial charge in [0.05, 0.1) is 17.5 Å². The number of aryl methyl sites for hydroxylation is 3. The third-order valence-electron chi connectivity index (χ3n) is 5.01. The number of esters is 1. The zero-order valence-corrected chi connectivity index (χ0v) is 16.2. The summed E-state index contributed by atoms with van der Waals surface area (Å²) in [7, 11) is 1.70. The fourth-order valence-corrected chi connectivity index (χ4v) is 3.53. The summed E-state index contributed by atoms with van der Waals surface area (Å²) < 4.78 is 13.7. The normalized spacial score (nSPS) is 11.2. The molecule has 0 spiro atoms. The number of hydrogen-bond donors (Lipinski definition) is 0. The highest BCUT2D eigenvalue weighted by molar-refractivity contribution is 5.83. The van der Waals surface area contributed by atoms with Gasteiger partial charge < -0.3 is 9.15 Å². The Hall–Kier alpha value is -3.61. The Morgan fingerprint density at radius 1 is 1.07 bits per heavy atom. The molecule has 7 heteroatoms. The first-order valence-corrected chi connectivity index (χ1v) is 9.39. The van der Waals surface area contributed by atoms with E-state index in [1.54, 1.807) is 28.3 Å². The minimum absolute atomic E-state index is 0.0326. The highest BCUT2D eigenvalue weighted by atomic mass is 16.5. The highest BCUT2D eigenvalue weighted by Gasteiger charge is 2.13. The standard InChI is InChI=1S/C22H20N2O5/c1-3-14-12-21(26)29-19-13-15(8-9-16(14)19)28-20(25)10-11-24-18-7-5-4-6-17(18)23(2)22(24)27/h4-9,12-13H,3,10-11H2,1-2H3. The number of benzene rings is 2. The van der Waals surface area contributed by atoms with E-state index in [1.807, 2.05) is 31.2 Å². The number of hydrogen-bond acceptors (Lipinski definition) is 5. The molecule has 0 amide bonds. The van der Waals surface area contributed by atoms with E-state index < -0.39 is 11.6 Å². The van der Waals surface area contributed by atoms with Crippen LogP contribution in [0.5, 0.6) is 5.75 Å². The fraction of sp³-hybridized carbons (Fsp3) is 0.227. The topological polar surface area (TPSA) is 83.4 Å². The van der Waals surface area contributed by atoms with Crippen LogP contribution >= 0.6 is 0 Å². The van der Waals surface area contributed by atoms with Crippen molar-refractivity contribution >= 4 is 28.0 Å². The van der Waals surface area contributed by atoms with Crippen molar-refractivity contribution < 1.29 is 13.9 Å². The predicted octanol–water partition coefficient (Wildman–Crippen LogP) is 3.00. The molecule has 29 heavy (non-hydrogen) atoms. The lowest BCUT2D eigenvalue weighted by molar-refractivity contribution is -0.134. The van der Waals surface area contributed by atoms with Crippen molar-refractivity contribution in [3.8, 4) is 5.75 Å². The summed E-state index contributed by atoms with van der Waals surface area (Å²) in [5, 5.41) is 0.814. The lowest BCUT2D eigenvalue weighted by atomic mass is 10.1. The van der Waals surface area contributed by atoms with Gasteiger partial charge in [-0.1, -0.05) is 19.1 Å². The molecule has 0 fully saturated rings. The van der Waals surface area contributed by atoms with Gasteiger partial charge in [0, 0.05) is 31.1 Å². The third kappa shape index (κ3) is 3.47. The second-order valence-electron chi connectivity index (χ2n) is 6.81. The molecule has 4 rings (SSSR count). The molecule has 0 atom stereocenters. The van der Waals surface area contributed by atoms with Crippen LogP contribution in [0.4, 0.5) is 0 Å². The van der Waals surface area contributed by atoms with Crippen LogP contribution in [0.1, 0.15) is 18.9 Å². The number of fused-ring (bicyclic) bond motifs is 2. The summed E-state index contributed by atoms with van der Waals surface area (Å²) in [6.07, 6.45) is 0.728. The number of rotatable bonds is 5. The predicted molar refractivity (Wildman–Crippen MR) is 109 cm³/mol. The highest BCUT2D eigenvalue weighted by Crippen LogP contribution is 2.23. The molecule has 0 aliphatic carbocycles. The van der Waals surface area contributed by atoms with Crippen molar-refractivity contribution in [3.05, 3.63) is 75.0 Å². The maximum atomic E-state index is 12.4. The molecule has 0 radical (unpaired) electrons. The first-order chi connectivity index (χ1) is 14.0. The molecule has 0 unspecified atom stereocenters. The average molecular weight is 392 g/mol. The van der Waals surface area contributed by atoms with Gasteiger partial charge in [-0.3, -0.25) is 13.9 Å². The monoisotopic (exact) mass is 392 g/mol. The van der Waals surface area contributed by atoms with Crippen molar-refractivity contribution in [3.63, 3.8) is 0 Å². The number of carbonyl (C=O) groups excluding carboxylic acids is 1. The first kappa shape index (κ1) is 18.7. The Kier molecular flexibility index (Phi) is 4.80. The molecule has 0 saturated carbocycles. The molecule has 0 aliphatic rings. The molecular weight excluding hydrogens is 372 g/mol. The van der Waals surface area contributed by atoms with Gasteiger partial charge in [-0.05, 0) is 36.2 Å². The number of ether oxygens (including phenoxy) is 1. The van der Waals surface area contributed by atoms with E-state index >= 15 is 0 Å². The number of aromatic nitrogens is 2. The van der Waals surface area contributed by atoms with Gasteiger partial charge in [0.2, 0.25) is 0 Å². The van der Waals surface area contributed by atoms with Gasteiger partial charge >= 0.3 is 17.3 Å². The second kappa shape index (κ2) is 7.43. The van der Waals surface area contributed by atoms with E-state index in [-0.39, 0.29) is 18.7 Å². The van der Waals surface area contributed by atoms with Crippen LogP contribution in [-0.2, 0) is 24.8 Å². The van der Waals surface area contributed by atoms with Crippen LogP contribution in [0.3, 0.4) is 0 Å². The van der Waals surface area contributed by atoms with Gasteiger partial charge in [-0.2, -0.15) is 0 Å². The van der Waals surface area contributed by atoms with Crippen molar-refractivity contribution in [2.45, 2.75) is 26.3 Å². The molecule has 2 heterocycles. The largest absolute Gasteiger partial charge is 0.426 e. The lowest BCUT2D eigenvalue weighted by Crippen LogP contribution is -2.24. The Balaban J connectivity index is 1.53. The summed E-state index contributed by atoms with van der Waals surface area (Å²) in [5.41, 5.74) is 2.22. The van der Waals surface area contributed by atoms with E-state index in [1.165, 1.54) is 12.1 Å². The number of carbonyl (C=O) groups is 1. The maximum Gasteiger partial charge on any atom is 0.336 e. The van der Waals surface area contributed by atoms with E-state index in [0.29, 0.717) is 17.8 Å². The van der Waals surface area contributed by atoms with Crippen LogP contribution in [0.2, 0.25) is 0 Å². The van der Waals surface area contributed by atoms with Crippen LogP contribution in [0.25, 0.3) is 22.0 Å². The first-order valence-electron chi connectivity index (χ1n) is 9.39. The minimum Gasteiger partial charge on any atom is -0.426 e. The quantitative estimate of drug-likeness (QED) is 0.296. The van der Waals surface area contributed by atoms with Crippen molar-refractivity contribution in [1.29, 1.82) is 0 Å². The molecule has 0 saturated heterocycles. The van der Waals surface area contributed by atoms with E-state index in [9.17, 15) is 14.4 Å². The molecule has 148 valence electrons. The zero-order chi connectivity index (χ0) is 20.5. The van der Waals surface area contributed by atoms with Gasteiger partial charge in [-0.25, -0.2) is 9.59 Å². The molecule has 0 N–H and O–H groups in total. The van der Waals surface area contributed by atoms with Crippen LogP contribution in [0, 0.1) is 0 Å². The molecule has 0 aliphatic heterocycles. The second-order valence-corrected chi connectivity index (χ2v) is 6.81. The van der Waals surface area contributed by atoms with E-state index in [2.05, 4.69) is 0 Å². The fourth-order valence-electron chi connectivity index (χ4n) is 3.53. The van der Waals surface area contributed by atoms with E-state index in [4.69, 9.17) is 9.15 Å². The molecule has 4 aromatic rings. The Morgan fingerprint density at radius 2 is 1.83 bits per heavy atom. The van der Waals surface area contributed by atoms with Crippen molar-refractivity contribution in [2.24, 2.45) is 7.05 Å². The Bertz CT molecular complexity index is 1340. The van der Waals surface area contributed by atoms with Crippen LogP contribution < -0.4 is 16.1 Å². The average Bonchev–Trinajstić information content (AvgIpc) is 2.96. The Morgan fingerprint density at radius 3 is 2.59 bits per heavy atom. The number of nitrogens with zero attached hydrogens (tertiary/aromatic N) is 2. The number of imidazole rings is 1. The molecule has 7 nitrogen and oxygen atoms in total. The smallest absolute Gasteiger partial charge is 0.336 e. The maximum absolute atomic E-state index is 12.4. The van der Waals surface area contributed by atoms with Gasteiger partial charge in [0.25, 0.3) is 0 Å². The number of para-hydroxylation sites is 2.